The van der Waals surface area contributed by atoms with Gasteiger partial charge in [0, 0.05) is 12.5 Å². The summed E-state index contributed by atoms with van der Waals surface area (Å²) in [6.45, 7) is 5.54. The Kier molecular flexibility index (Phi) is 1.91. The summed E-state index contributed by atoms with van der Waals surface area (Å²) in [4.78, 5) is 0. The smallest absolute Gasteiger partial charge is 0.0610 e. The number of benzene rings is 1. The fourth-order valence-corrected chi connectivity index (χ4v) is 2.02. The first-order valence-corrected chi connectivity index (χ1v) is 4.82. The molecule has 0 fully saturated rings. The van der Waals surface area contributed by atoms with E-state index in [0.29, 0.717) is 11.8 Å². The molecule has 70 valence electrons. The molecule has 2 heteroatoms. The van der Waals surface area contributed by atoms with E-state index in [1.807, 2.05) is 12.1 Å². The minimum absolute atomic E-state index is 0.624. The molecule has 0 bridgehead atoms. The number of para-hydroxylation sites is 1. The second kappa shape index (κ2) is 2.95. The highest BCUT2D eigenvalue weighted by Crippen LogP contribution is 2.39. The van der Waals surface area contributed by atoms with Crippen LogP contribution in [0, 0.1) is 5.92 Å². The normalized spacial score (nSPS) is 20.1. The molecule has 0 saturated carbocycles. The van der Waals surface area contributed by atoms with E-state index in [1.54, 1.807) is 0 Å². The van der Waals surface area contributed by atoms with Gasteiger partial charge in [-0.05, 0) is 17.5 Å². The summed E-state index contributed by atoms with van der Waals surface area (Å²) in [5.41, 5.74) is 9.29. The fourth-order valence-electron chi connectivity index (χ4n) is 2.02. The van der Waals surface area contributed by atoms with Crippen LogP contribution in [0.25, 0.3) is 0 Å². The molecule has 1 atom stereocenters. The van der Waals surface area contributed by atoms with Crippen molar-refractivity contribution >= 4 is 11.4 Å². The Morgan fingerprint density at radius 1 is 1.46 bits per heavy atom. The molecule has 0 aliphatic carbocycles. The van der Waals surface area contributed by atoms with E-state index in [4.69, 9.17) is 5.73 Å². The Morgan fingerprint density at radius 2 is 2.23 bits per heavy atom. The van der Waals surface area contributed by atoms with Crippen molar-refractivity contribution in [1.82, 2.24) is 0 Å². The third kappa shape index (κ3) is 1.26. The molecular formula is C11H16N2. The summed E-state index contributed by atoms with van der Waals surface area (Å²) in [6.07, 6.45) is 0. The van der Waals surface area contributed by atoms with Gasteiger partial charge in [0.1, 0.15) is 0 Å². The highest BCUT2D eigenvalue weighted by Gasteiger charge is 2.25. The van der Waals surface area contributed by atoms with E-state index in [1.165, 1.54) is 5.56 Å². The van der Waals surface area contributed by atoms with E-state index in [2.05, 4.69) is 25.2 Å². The molecule has 1 aromatic carbocycles. The van der Waals surface area contributed by atoms with Crippen LogP contribution in [-0.2, 0) is 0 Å². The lowest BCUT2D eigenvalue weighted by Gasteiger charge is -2.13. The Morgan fingerprint density at radius 3 is 2.92 bits per heavy atom. The molecular weight excluding hydrogens is 160 g/mol. The van der Waals surface area contributed by atoms with Gasteiger partial charge in [0.25, 0.3) is 0 Å². The first kappa shape index (κ1) is 8.42. The van der Waals surface area contributed by atoms with E-state index in [9.17, 15) is 0 Å². The number of anilines is 2. The summed E-state index contributed by atoms with van der Waals surface area (Å²) in [5.74, 6) is 1.30. The van der Waals surface area contributed by atoms with Crippen molar-refractivity contribution in [2.45, 2.75) is 19.8 Å². The van der Waals surface area contributed by atoms with Gasteiger partial charge in [-0.3, -0.25) is 0 Å². The zero-order valence-electron chi connectivity index (χ0n) is 8.17. The molecule has 1 heterocycles. The van der Waals surface area contributed by atoms with Crippen molar-refractivity contribution < 1.29 is 0 Å². The second-order valence-electron chi connectivity index (χ2n) is 4.04. The van der Waals surface area contributed by atoms with Gasteiger partial charge in [0.15, 0.2) is 0 Å². The molecule has 1 aromatic rings. The minimum Gasteiger partial charge on any atom is -0.397 e. The number of nitrogens with one attached hydrogen (secondary N) is 1. The number of nitrogens with two attached hydrogens (primary N) is 1. The van der Waals surface area contributed by atoms with E-state index in [-0.39, 0.29) is 0 Å². The second-order valence-corrected chi connectivity index (χ2v) is 4.04. The SMILES string of the molecule is CC(C)[C@H]1CNc2c(N)cccc21. The van der Waals surface area contributed by atoms with E-state index in [0.717, 1.165) is 17.9 Å². The highest BCUT2D eigenvalue weighted by molar-refractivity contribution is 5.73. The van der Waals surface area contributed by atoms with Crippen LogP contribution in [0.3, 0.4) is 0 Å². The maximum Gasteiger partial charge on any atom is 0.0610 e. The van der Waals surface area contributed by atoms with Crippen molar-refractivity contribution in [3.8, 4) is 0 Å². The largest absolute Gasteiger partial charge is 0.397 e. The van der Waals surface area contributed by atoms with Crippen molar-refractivity contribution in [2.24, 2.45) is 5.92 Å². The topological polar surface area (TPSA) is 38.0 Å². The average Bonchev–Trinajstić information content (AvgIpc) is 2.48. The number of fused-ring (bicyclic) bond motifs is 1. The Hall–Kier alpha value is -1.18. The lowest BCUT2D eigenvalue weighted by atomic mass is 9.90. The van der Waals surface area contributed by atoms with Crippen molar-refractivity contribution in [2.75, 3.05) is 17.6 Å². The van der Waals surface area contributed by atoms with Crippen LogP contribution in [0.4, 0.5) is 11.4 Å². The first-order chi connectivity index (χ1) is 6.20. The quantitative estimate of drug-likeness (QED) is 0.645. The van der Waals surface area contributed by atoms with Crippen molar-refractivity contribution in [3.63, 3.8) is 0 Å². The molecule has 0 aromatic heterocycles. The van der Waals surface area contributed by atoms with Gasteiger partial charge in [0.2, 0.25) is 0 Å². The Labute approximate surface area is 79.1 Å². The van der Waals surface area contributed by atoms with Crippen LogP contribution in [0.5, 0.6) is 0 Å². The molecule has 0 radical (unpaired) electrons. The molecule has 13 heavy (non-hydrogen) atoms. The third-order valence-electron chi connectivity index (χ3n) is 2.83. The van der Waals surface area contributed by atoms with Crippen LogP contribution in [0.2, 0.25) is 0 Å². The number of nitrogen functional groups attached to an aromatic ring is 1. The van der Waals surface area contributed by atoms with Gasteiger partial charge >= 0.3 is 0 Å². The van der Waals surface area contributed by atoms with Crippen LogP contribution in [0.1, 0.15) is 25.3 Å². The number of hydrogen-bond donors (Lipinski definition) is 2. The Bertz CT molecular complexity index is 318. The molecule has 2 rings (SSSR count). The van der Waals surface area contributed by atoms with E-state index < -0.39 is 0 Å². The molecule has 0 saturated heterocycles. The van der Waals surface area contributed by atoms with Gasteiger partial charge < -0.3 is 11.1 Å². The molecule has 0 unspecified atom stereocenters. The lowest BCUT2D eigenvalue weighted by molar-refractivity contribution is 0.533. The summed E-state index contributed by atoms with van der Waals surface area (Å²) in [5, 5.41) is 3.37. The van der Waals surface area contributed by atoms with Crippen LogP contribution in [0.15, 0.2) is 18.2 Å². The molecule has 1 aliphatic rings. The predicted octanol–water partition coefficient (Wildman–Crippen LogP) is 2.43. The molecule has 0 spiro atoms. The van der Waals surface area contributed by atoms with Gasteiger partial charge in [-0.1, -0.05) is 26.0 Å². The number of hydrogen-bond acceptors (Lipinski definition) is 2. The molecule has 3 N–H and O–H groups in total. The van der Waals surface area contributed by atoms with Crippen LogP contribution in [-0.4, -0.2) is 6.54 Å². The Balaban J connectivity index is 2.43. The fraction of sp³-hybridized carbons (Fsp3) is 0.455. The first-order valence-electron chi connectivity index (χ1n) is 4.82. The summed E-state index contributed by atoms with van der Waals surface area (Å²) < 4.78 is 0. The van der Waals surface area contributed by atoms with Gasteiger partial charge in [-0.2, -0.15) is 0 Å². The highest BCUT2D eigenvalue weighted by atomic mass is 14.9. The summed E-state index contributed by atoms with van der Waals surface area (Å²) in [7, 11) is 0. The average molecular weight is 176 g/mol. The lowest BCUT2D eigenvalue weighted by Crippen LogP contribution is -2.08. The standard InChI is InChI=1S/C11H16N2/c1-7(2)9-6-13-11-8(9)4-3-5-10(11)12/h3-5,7,9,13H,6,12H2,1-2H3/t9-/m1/s1. The molecule has 2 nitrogen and oxygen atoms in total. The zero-order valence-corrected chi connectivity index (χ0v) is 8.17. The third-order valence-corrected chi connectivity index (χ3v) is 2.83. The zero-order chi connectivity index (χ0) is 9.42. The monoisotopic (exact) mass is 176 g/mol. The number of rotatable bonds is 1. The van der Waals surface area contributed by atoms with Gasteiger partial charge in [-0.25, -0.2) is 0 Å². The summed E-state index contributed by atoms with van der Waals surface area (Å²) >= 11 is 0. The van der Waals surface area contributed by atoms with Crippen molar-refractivity contribution in [3.05, 3.63) is 23.8 Å². The minimum atomic E-state index is 0.624. The van der Waals surface area contributed by atoms with Gasteiger partial charge in [0.05, 0.1) is 11.4 Å². The van der Waals surface area contributed by atoms with Crippen LogP contribution >= 0.6 is 0 Å². The maximum absolute atomic E-state index is 5.87. The van der Waals surface area contributed by atoms with Crippen LogP contribution < -0.4 is 11.1 Å². The van der Waals surface area contributed by atoms with Crippen molar-refractivity contribution in [1.29, 1.82) is 0 Å². The summed E-state index contributed by atoms with van der Waals surface area (Å²) in [6, 6.07) is 6.17. The van der Waals surface area contributed by atoms with E-state index >= 15 is 0 Å². The molecule has 1 aliphatic heterocycles. The predicted molar refractivity (Wildman–Crippen MR) is 56.9 cm³/mol. The molecule has 0 amide bonds. The van der Waals surface area contributed by atoms with Gasteiger partial charge in [-0.15, -0.1) is 0 Å². The maximum atomic E-state index is 5.87.